The summed E-state index contributed by atoms with van der Waals surface area (Å²) >= 11 is 0. The lowest BCUT2D eigenvalue weighted by Gasteiger charge is -2.26. The second-order valence-electron chi connectivity index (χ2n) is 5.35. The highest BCUT2D eigenvalue weighted by Crippen LogP contribution is 2.20. The van der Waals surface area contributed by atoms with Gasteiger partial charge >= 0.3 is 0 Å². The molecule has 0 radical (unpaired) electrons. The highest BCUT2D eigenvalue weighted by molar-refractivity contribution is 5.48. The van der Waals surface area contributed by atoms with Crippen LogP contribution in [0.4, 0.5) is 5.69 Å². The zero-order valence-corrected chi connectivity index (χ0v) is 12.5. The van der Waals surface area contributed by atoms with Gasteiger partial charge in [0, 0.05) is 24.8 Å². The maximum absolute atomic E-state index is 8.76. The monoisotopic (exact) mass is 259 g/mol. The number of nitrogens with one attached hydrogen (secondary N) is 1. The Bertz CT molecular complexity index is 403. The molecule has 0 heterocycles. The Morgan fingerprint density at radius 1 is 1.21 bits per heavy atom. The first-order valence-corrected chi connectivity index (χ1v) is 6.97. The number of hydrogen-bond acceptors (Lipinski definition) is 3. The van der Waals surface area contributed by atoms with Crippen LogP contribution in [0.15, 0.2) is 24.3 Å². The van der Waals surface area contributed by atoms with Crippen molar-refractivity contribution < 1.29 is 0 Å². The van der Waals surface area contributed by atoms with E-state index in [0.717, 1.165) is 13.1 Å². The van der Waals surface area contributed by atoms with E-state index in [1.165, 1.54) is 11.3 Å². The number of rotatable bonds is 7. The molecular formula is C16H25N3. The molecule has 0 aliphatic carbocycles. The number of hydrogen-bond donors (Lipinski definition) is 1. The van der Waals surface area contributed by atoms with E-state index < -0.39 is 0 Å². The van der Waals surface area contributed by atoms with E-state index in [-0.39, 0.29) is 0 Å². The van der Waals surface area contributed by atoms with Crippen molar-refractivity contribution in [1.29, 1.82) is 5.26 Å². The second kappa shape index (κ2) is 7.81. The fourth-order valence-electron chi connectivity index (χ4n) is 2.09. The van der Waals surface area contributed by atoms with Crippen LogP contribution in [0, 0.1) is 17.2 Å². The van der Waals surface area contributed by atoms with Crippen LogP contribution in [0.2, 0.25) is 0 Å². The first-order valence-electron chi connectivity index (χ1n) is 6.97. The quantitative estimate of drug-likeness (QED) is 0.816. The van der Waals surface area contributed by atoms with Crippen LogP contribution < -0.4 is 10.2 Å². The minimum atomic E-state index is 0.367. The van der Waals surface area contributed by atoms with Crippen molar-refractivity contribution in [3.8, 4) is 6.07 Å². The summed E-state index contributed by atoms with van der Waals surface area (Å²) in [5, 5.41) is 12.0. The maximum atomic E-state index is 8.76. The van der Waals surface area contributed by atoms with Crippen molar-refractivity contribution >= 4 is 5.69 Å². The van der Waals surface area contributed by atoms with E-state index in [0.29, 0.717) is 18.4 Å². The van der Waals surface area contributed by atoms with Gasteiger partial charge in [-0.3, -0.25) is 0 Å². The van der Waals surface area contributed by atoms with Crippen molar-refractivity contribution in [2.24, 2.45) is 5.92 Å². The minimum Gasteiger partial charge on any atom is -0.370 e. The molecule has 0 bridgehead atoms. The fraction of sp³-hybridized carbons (Fsp3) is 0.562. The van der Waals surface area contributed by atoms with Gasteiger partial charge < -0.3 is 10.2 Å². The summed E-state index contributed by atoms with van der Waals surface area (Å²) in [6.07, 6.45) is 0.571. The molecule has 0 aliphatic rings. The van der Waals surface area contributed by atoms with E-state index in [1.54, 1.807) is 0 Å². The van der Waals surface area contributed by atoms with Crippen LogP contribution in [0.1, 0.15) is 38.8 Å². The van der Waals surface area contributed by atoms with E-state index in [1.807, 2.05) is 7.05 Å². The fourth-order valence-corrected chi connectivity index (χ4v) is 2.09. The first-order chi connectivity index (χ1) is 9.08. The van der Waals surface area contributed by atoms with Gasteiger partial charge in [-0.1, -0.05) is 26.0 Å². The summed E-state index contributed by atoms with van der Waals surface area (Å²) in [5.41, 5.74) is 2.49. The Balaban J connectivity index is 2.81. The molecule has 3 heteroatoms. The zero-order chi connectivity index (χ0) is 14.3. The molecule has 1 rings (SSSR count). The molecule has 1 N–H and O–H groups in total. The molecule has 3 nitrogen and oxygen atoms in total. The Morgan fingerprint density at radius 2 is 1.84 bits per heavy atom. The summed E-state index contributed by atoms with van der Waals surface area (Å²) in [6, 6.07) is 11.2. The Morgan fingerprint density at radius 3 is 2.32 bits per heavy atom. The smallest absolute Gasteiger partial charge is 0.0640 e. The molecule has 0 saturated heterocycles. The van der Waals surface area contributed by atoms with Gasteiger partial charge in [0.05, 0.1) is 12.5 Å². The van der Waals surface area contributed by atoms with Gasteiger partial charge in [-0.2, -0.15) is 5.26 Å². The van der Waals surface area contributed by atoms with E-state index in [9.17, 15) is 0 Å². The lowest BCUT2D eigenvalue weighted by molar-refractivity contribution is 0.611. The Hall–Kier alpha value is -1.53. The number of nitrogens with zero attached hydrogens (tertiary/aromatic N) is 2. The maximum Gasteiger partial charge on any atom is 0.0640 e. The standard InChI is InChI=1S/C16H25N3/c1-13(2)12-19(11-5-10-17)16-8-6-15(7-9-16)14(3)18-4/h6-9,13-14,18H,5,11-12H2,1-4H3. The highest BCUT2D eigenvalue weighted by atomic mass is 15.1. The highest BCUT2D eigenvalue weighted by Gasteiger charge is 2.09. The summed E-state index contributed by atoms with van der Waals surface area (Å²) in [6.45, 7) is 8.35. The van der Waals surface area contributed by atoms with Crippen molar-refractivity contribution in [3.63, 3.8) is 0 Å². The van der Waals surface area contributed by atoms with Gasteiger partial charge in [-0.15, -0.1) is 0 Å². The topological polar surface area (TPSA) is 39.1 Å². The molecule has 0 fully saturated rings. The van der Waals surface area contributed by atoms with Crippen LogP contribution in [-0.4, -0.2) is 20.1 Å². The molecule has 0 aliphatic heterocycles. The van der Waals surface area contributed by atoms with Crippen LogP contribution in [-0.2, 0) is 0 Å². The Labute approximate surface area is 117 Å². The van der Waals surface area contributed by atoms with Gasteiger partial charge in [-0.05, 0) is 37.6 Å². The molecule has 1 atom stereocenters. The van der Waals surface area contributed by atoms with E-state index >= 15 is 0 Å². The lowest BCUT2D eigenvalue weighted by Crippen LogP contribution is -2.28. The third kappa shape index (κ3) is 4.92. The molecule has 0 aromatic heterocycles. The Kier molecular flexibility index (Phi) is 6.38. The summed E-state index contributed by atoms with van der Waals surface area (Å²) in [4.78, 5) is 2.29. The molecule has 19 heavy (non-hydrogen) atoms. The van der Waals surface area contributed by atoms with E-state index in [4.69, 9.17) is 5.26 Å². The van der Waals surface area contributed by atoms with Crippen molar-refractivity contribution in [3.05, 3.63) is 29.8 Å². The lowest BCUT2D eigenvalue weighted by atomic mass is 10.1. The summed E-state index contributed by atoms with van der Waals surface area (Å²) in [7, 11) is 1.97. The second-order valence-corrected chi connectivity index (χ2v) is 5.35. The predicted octanol–water partition coefficient (Wildman–Crippen LogP) is 3.34. The SMILES string of the molecule is CNC(C)c1ccc(N(CCC#N)CC(C)C)cc1. The van der Waals surface area contributed by atoms with Gasteiger partial charge in [0.2, 0.25) is 0 Å². The number of nitriles is 1. The molecule has 104 valence electrons. The molecule has 1 unspecified atom stereocenters. The van der Waals surface area contributed by atoms with Crippen molar-refractivity contribution in [2.45, 2.75) is 33.2 Å². The summed E-state index contributed by atoms with van der Waals surface area (Å²) in [5.74, 6) is 0.592. The third-order valence-electron chi connectivity index (χ3n) is 3.27. The molecule has 1 aromatic carbocycles. The molecule has 0 spiro atoms. The molecule has 1 aromatic rings. The third-order valence-corrected chi connectivity index (χ3v) is 3.27. The van der Waals surface area contributed by atoms with Crippen molar-refractivity contribution in [1.82, 2.24) is 5.32 Å². The largest absolute Gasteiger partial charge is 0.370 e. The normalized spacial score (nSPS) is 12.2. The minimum absolute atomic E-state index is 0.367. The van der Waals surface area contributed by atoms with Crippen LogP contribution in [0.3, 0.4) is 0 Å². The molecule has 0 amide bonds. The molecular weight excluding hydrogens is 234 g/mol. The molecule has 0 saturated carbocycles. The van der Waals surface area contributed by atoms with E-state index in [2.05, 4.69) is 61.3 Å². The number of anilines is 1. The summed E-state index contributed by atoms with van der Waals surface area (Å²) < 4.78 is 0. The van der Waals surface area contributed by atoms with Gasteiger partial charge in [0.15, 0.2) is 0 Å². The van der Waals surface area contributed by atoms with Crippen LogP contribution >= 0.6 is 0 Å². The number of benzene rings is 1. The van der Waals surface area contributed by atoms with Gasteiger partial charge in [0.1, 0.15) is 0 Å². The predicted molar refractivity (Wildman–Crippen MR) is 81.2 cm³/mol. The van der Waals surface area contributed by atoms with Crippen LogP contribution in [0.25, 0.3) is 0 Å². The average molecular weight is 259 g/mol. The van der Waals surface area contributed by atoms with Crippen LogP contribution in [0.5, 0.6) is 0 Å². The van der Waals surface area contributed by atoms with Crippen molar-refractivity contribution in [2.75, 3.05) is 25.0 Å². The zero-order valence-electron chi connectivity index (χ0n) is 12.5. The first kappa shape index (κ1) is 15.5. The van der Waals surface area contributed by atoms with Gasteiger partial charge in [-0.25, -0.2) is 0 Å². The van der Waals surface area contributed by atoms with Gasteiger partial charge in [0.25, 0.3) is 0 Å². The average Bonchev–Trinajstić information content (AvgIpc) is 2.42.